The summed E-state index contributed by atoms with van der Waals surface area (Å²) in [5.41, 5.74) is -0.464. The molecule has 0 unspecified atom stereocenters. The fraction of sp³-hybridized carbons (Fsp3) is 0.222. The lowest BCUT2D eigenvalue weighted by atomic mass is 10.1. The monoisotopic (exact) mass is 202 g/mol. The van der Waals surface area contributed by atoms with E-state index in [4.69, 9.17) is 5.84 Å². The first kappa shape index (κ1) is 10.6. The van der Waals surface area contributed by atoms with Gasteiger partial charge in [-0.25, -0.2) is 0 Å². The Morgan fingerprint density at radius 3 is 2.50 bits per heavy atom. The minimum Gasteiger partial charge on any atom is -0.324 e. The van der Waals surface area contributed by atoms with Gasteiger partial charge in [0.25, 0.3) is 0 Å². The second-order valence-electron chi connectivity index (χ2n) is 2.69. The zero-order valence-electron chi connectivity index (χ0n) is 7.25. The van der Waals surface area contributed by atoms with Crippen molar-refractivity contribution in [2.75, 3.05) is 0 Å². The predicted molar refractivity (Wildman–Crippen MR) is 47.8 cm³/mol. The molecule has 2 nitrogen and oxygen atoms in total. The maximum atomic E-state index is 12.4. The van der Waals surface area contributed by atoms with Crippen LogP contribution in [0.3, 0.4) is 0 Å². The molecule has 0 aromatic heterocycles. The molecule has 1 aromatic rings. The lowest BCUT2D eigenvalue weighted by Crippen LogP contribution is -2.09. The van der Waals surface area contributed by atoms with E-state index in [9.17, 15) is 13.2 Å². The molecule has 0 heterocycles. The molecule has 1 aromatic carbocycles. The summed E-state index contributed by atoms with van der Waals surface area (Å²) < 4.78 is 37.2. The minimum atomic E-state index is -4.32. The summed E-state index contributed by atoms with van der Waals surface area (Å²) in [6, 6.07) is 5.35. The maximum Gasteiger partial charge on any atom is 0.416 e. The molecule has 5 heteroatoms. The van der Waals surface area contributed by atoms with E-state index in [0.717, 1.165) is 6.07 Å². The highest BCUT2D eigenvalue weighted by Gasteiger charge is 2.32. The molecule has 14 heavy (non-hydrogen) atoms. The maximum absolute atomic E-state index is 12.4. The van der Waals surface area contributed by atoms with Gasteiger partial charge in [0.1, 0.15) is 0 Å². The van der Waals surface area contributed by atoms with E-state index in [1.54, 1.807) is 6.07 Å². The number of rotatable bonds is 2. The number of alkyl halides is 3. The molecule has 0 saturated carbocycles. The van der Waals surface area contributed by atoms with Crippen LogP contribution in [0.5, 0.6) is 0 Å². The summed E-state index contributed by atoms with van der Waals surface area (Å²) in [5, 5.41) is 3.16. The number of hydrogen-bond donors (Lipinski definition) is 1. The highest BCUT2D eigenvalue weighted by atomic mass is 19.4. The third-order valence-electron chi connectivity index (χ3n) is 1.74. The van der Waals surface area contributed by atoms with Crippen molar-refractivity contribution in [2.24, 2.45) is 10.9 Å². The van der Waals surface area contributed by atoms with Gasteiger partial charge in [-0.05, 0) is 11.6 Å². The van der Waals surface area contributed by atoms with Gasteiger partial charge in [-0.2, -0.15) is 18.3 Å². The first-order valence-corrected chi connectivity index (χ1v) is 3.92. The summed E-state index contributed by atoms with van der Waals surface area (Å²) in [7, 11) is 0. The highest BCUT2D eigenvalue weighted by Crippen LogP contribution is 2.31. The van der Waals surface area contributed by atoms with Crippen molar-refractivity contribution in [3.8, 4) is 0 Å². The molecule has 0 fully saturated rings. The van der Waals surface area contributed by atoms with Crippen molar-refractivity contribution in [3.63, 3.8) is 0 Å². The van der Waals surface area contributed by atoms with Crippen molar-refractivity contribution in [3.05, 3.63) is 35.4 Å². The number of benzene rings is 1. The average Bonchev–Trinajstić information content (AvgIpc) is 2.14. The van der Waals surface area contributed by atoms with E-state index in [1.807, 2.05) is 0 Å². The van der Waals surface area contributed by atoms with Gasteiger partial charge in [-0.3, -0.25) is 0 Å². The highest BCUT2D eigenvalue weighted by molar-refractivity contribution is 5.62. The van der Waals surface area contributed by atoms with Gasteiger partial charge in [0.05, 0.1) is 5.56 Å². The lowest BCUT2D eigenvalue weighted by Gasteiger charge is -2.10. The van der Waals surface area contributed by atoms with Gasteiger partial charge in [-0.15, -0.1) is 0 Å². The van der Waals surface area contributed by atoms with Crippen LogP contribution in [0, 0.1) is 0 Å². The summed E-state index contributed by atoms with van der Waals surface area (Å²) in [6.45, 7) is 0. The van der Waals surface area contributed by atoms with Crippen molar-refractivity contribution in [1.82, 2.24) is 0 Å². The molecule has 0 aliphatic rings. The first-order chi connectivity index (χ1) is 6.55. The van der Waals surface area contributed by atoms with Crippen LogP contribution in [0.1, 0.15) is 11.1 Å². The number of hydrazone groups is 1. The largest absolute Gasteiger partial charge is 0.416 e. The van der Waals surface area contributed by atoms with Crippen LogP contribution in [-0.2, 0) is 12.6 Å². The van der Waals surface area contributed by atoms with Gasteiger partial charge in [-0.1, -0.05) is 18.2 Å². The number of hydrogen-bond acceptors (Lipinski definition) is 2. The van der Waals surface area contributed by atoms with Crippen LogP contribution in [0.2, 0.25) is 0 Å². The second-order valence-corrected chi connectivity index (χ2v) is 2.69. The summed E-state index contributed by atoms with van der Waals surface area (Å²) in [5.74, 6) is 4.82. The zero-order valence-corrected chi connectivity index (χ0v) is 7.25. The van der Waals surface area contributed by atoms with E-state index in [2.05, 4.69) is 5.10 Å². The van der Waals surface area contributed by atoms with Gasteiger partial charge in [0.2, 0.25) is 0 Å². The summed E-state index contributed by atoms with van der Waals surface area (Å²) >= 11 is 0. The molecule has 0 saturated heterocycles. The standard InChI is InChI=1S/C9H9F3N2/c10-9(11,12)8-4-2-1-3-7(8)5-6-14-13/h1-4,6H,5,13H2/b14-6+. The molecular formula is C9H9F3N2. The summed E-state index contributed by atoms with van der Waals surface area (Å²) in [4.78, 5) is 0. The van der Waals surface area contributed by atoms with E-state index < -0.39 is 11.7 Å². The normalized spacial score (nSPS) is 12.2. The molecule has 0 bridgehead atoms. The fourth-order valence-electron chi connectivity index (χ4n) is 1.13. The van der Waals surface area contributed by atoms with Gasteiger partial charge in [0, 0.05) is 12.6 Å². The van der Waals surface area contributed by atoms with Crippen LogP contribution in [0.15, 0.2) is 29.4 Å². The Bertz CT molecular complexity index is 331. The molecule has 0 aliphatic heterocycles. The van der Waals surface area contributed by atoms with Crippen molar-refractivity contribution < 1.29 is 13.2 Å². The van der Waals surface area contributed by atoms with Crippen molar-refractivity contribution in [2.45, 2.75) is 12.6 Å². The van der Waals surface area contributed by atoms with Gasteiger partial charge < -0.3 is 5.84 Å². The third kappa shape index (κ3) is 2.48. The van der Waals surface area contributed by atoms with E-state index in [0.29, 0.717) is 0 Å². The SMILES string of the molecule is N/N=C/Cc1ccccc1C(F)(F)F. The van der Waals surface area contributed by atoms with Crippen molar-refractivity contribution in [1.29, 1.82) is 0 Å². The molecule has 0 spiro atoms. The quantitative estimate of drug-likeness (QED) is 0.445. The molecule has 1 rings (SSSR count). The van der Waals surface area contributed by atoms with Crippen LogP contribution in [0.4, 0.5) is 13.2 Å². The van der Waals surface area contributed by atoms with Crippen LogP contribution in [0.25, 0.3) is 0 Å². The smallest absolute Gasteiger partial charge is 0.324 e. The third-order valence-corrected chi connectivity index (χ3v) is 1.74. The molecular weight excluding hydrogens is 193 g/mol. The lowest BCUT2D eigenvalue weighted by molar-refractivity contribution is -0.138. The van der Waals surface area contributed by atoms with E-state index >= 15 is 0 Å². The molecule has 2 N–H and O–H groups in total. The molecule has 0 amide bonds. The minimum absolute atomic E-state index is 0.0895. The Labute approximate surface area is 79.2 Å². The molecule has 0 atom stereocenters. The predicted octanol–water partition coefficient (Wildman–Crippen LogP) is 2.19. The van der Waals surface area contributed by atoms with Crippen LogP contribution >= 0.6 is 0 Å². The number of nitrogens with zero attached hydrogens (tertiary/aromatic N) is 1. The Morgan fingerprint density at radius 1 is 1.29 bits per heavy atom. The topological polar surface area (TPSA) is 38.4 Å². The van der Waals surface area contributed by atoms with Crippen LogP contribution in [-0.4, -0.2) is 6.21 Å². The Kier molecular flexibility index (Phi) is 3.11. The Morgan fingerprint density at radius 2 is 1.93 bits per heavy atom. The van der Waals surface area contributed by atoms with E-state index in [1.165, 1.54) is 18.3 Å². The molecule has 0 aliphatic carbocycles. The number of nitrogens with two attached hydrogens (primary N) is 1. The van der Waals surface area contributed by atoms with Crippen molar-refractivity contribution >= 4 is 6.21 Å². The summed E-state index contributed by atoms with van der Waals surface area (Å²) in [6.07, 6.45) is -2.99. The average molecular weight is 202 g/mol. The second kappa shape index (κ2) is 4.13. The van der Waals surface area contributed by atoms with E-state index in [-0.39, 0.29) is 12.0 Å². The molecule has 0 radical (unpaired) electrons. The zero-order chi connectivity index (χ0) is 10.6. The van der Waals surface area contributed by atoms with Crippen LogP contribution < -0.4 is 5.84 Å². The Balaban J connectivity index is 3.03. The molecule has 76 valence electrons. The van der Waals surface area contributed by atoms with Gasteiger partial charge in [0.15, 0.2) is 0 Å². The first-order valence-electron chi connectivity index (χ1n) is 3.92. The fourth-order valence-corrected chi connectivity index (χ4v) is 1.13. The van der Waals surface area contributed by atoms with Gasteiger partial charge >= 0.3 is 6.18 Å². The Hall–Kier alpha value is -1.52. The number of halogens is 3.